The number of hydrogen-bond donors (Lipinski definition) is 1. The molecular weight excluding hydrogens is 453 g/mol. The minimum Gasteiger partial charge on any atom is -0.334 e. The van der Waals surface area contributed by atoms with E-state index in [4.69, 9.17) is 28.3 Å². The largest absolute Gasteiger partial charge is 0.338 e. The van der Waals surface area contributed by atoms with Crippen molar-refractivity contribution in [2.75, 3.05) is 0 Å². The number of benzene rings is 2. The number of hydrazone groups is 1. The van der Waals surface area contributed by atoms with Crippen molar-refractivity contribution in [1.82, 2.24) is 10.3 Å². The van der Waals surface area contributed by atoms with E-state index < -0.39 is 0 Å². The number of nitrogens with one attached hydrogen (secondary N) is 1. The summed E-state index contributed by atoms with van der Waals surface area (Å²) in [6.07, 6.45) is 11.0. The molecule has 1 heterocycles. The minimum atomic E-state index is -0.116. The maximum Gasteiger partial charge on any atom is 0.338 e. The number of nitrogens with zero attached hydrogens (tertiary/aromatic N) is 2. The summed E-state index contributed by atoms with van der Waals surface area (Å²) in [4.78, 5) is 13.5. The molecule has 2 atom stereocenters. The second-order valence-corrected chi connectivity index (χ2v) is 10.2. The van der Waals surface area contributed by atoms with Crippen LogP contribution < -0.4 is 5.32 Å². The van der Waals surface area contributed by atoms with Gasteiger partial charge < -0.3 is 5.32 Å². The van der Waals surface area contributed by atoms with Crippen molar-refractivity contribution in [2.45, 2.75) is 63.5 Å². The first-order chi connectivity index (χ1) is 16.1. The van der Waals surface area contributed by atoms with E-state index in [9.17, 15) is 4.79 Å². The zero-order valence-electron chi connectivity index (χ0n) is 18.6. The molecule has 2 aliphatic carbocycles. The summed E-state index contributed by atoms with van der Waals surface area (Å²) >= 11 is 12.2. The zero-order valence-corrected chi connectivity index (χ0v) is 20.2. The molecule has 0 saturated heterocycles. The molecule has 0 bridgehead atoms. The number of rotatable bonds is 3. The fourth-order valence-electron chi connectivity index (χ4n) is 5.41. The van der Waals surface area contributed by atoms with Gasteiger partial charge in [0.25, 0.3) is 0 Å². The Kier molecular flexibility index (Phi) is 6.75. The standard InChI is InChI=1S/C27H29Cl2N3O/c28-21-13-9-18(10-14-21)17-20-5-4-8-24-25(20)31-32(26(24)19-11-15-22(29)16-12-19)27(33)30-23-6-2-1-3-7-23/h9-17,23-24,26H,1-8H2,(H,30,33)/b20-17+/t24-,26-/m0/s1. The van der Waals surface area contributed by atoms with Crippen molar-refractivity contribution in [3.05, 3.63) is 75.3 Å². The van der Waals surface area contributed by atoms with Gasteiger partial charge in [-0.3, -0.25) is 0 Å². The molecule has 5 rings (SSSR count). The first-order valence-corrected chi connectivity index (χ1v) is 12.7. The van der Waals surface area contributed by atoms with Crippen LogP contribution in [0.4, 0.5) is 4.79 Å². The van der Waals surface area contributed by atoms with Gasteiger partial charge in [-0.25, -0.2) is 9.80 Å². The first-order valence-electron chi connectivity index (χ1n) is 12.0. The third-order valence-electron chi connectivity index (χ3n) is 7.06. The molecule has 172 valence electrons. The maximum absolute atomic E-state index is 13.5. The number of amides is 2. The van der Waals surface area contributed by atoms with Gasteiger partial charge in [0.05, 0.1) is 11.8 Å². The summed E-state index contributed by atoms with van der Waals surface area (Å²) in [7, 11) is 0. The monoisotopic (exact) mass is 481 g/mol. The third-order valence-corrected chi connectivity index (χ3v) is 7.57. The molecule has 2 aromatic carbocycles. The van der Waals surface area contributed by atoms with Crippen LogP contribution >= 0.6 is 23.2 Å². The molecule has 33 heavy (non-hydrogen) atoms. The summed E-state index contributed by atoms with van der Waals surface area (Å²) in [5.74, 6) is 0.176. The van der Waals surface area contributed by atoms with Gasteiger partial charge in [-0.1, -0.05) is 66.7 Å². The molecule has 6 heteroatoms. The molecule has 2 saturated carbocycles. The zero-order chi connectivity index (χ0) is 22.8. The molecule has 2 amide bonds. The van der Waals surface area contributed by atoms with Gasteiger partial charge in [0, 0.05) is 22.0 Å². The molecule has 0 aromatic heterocycles. The Bertz CT molecular complexity index is 1060. The highest BCUT2D eigenvalue weighted by atomic mass is 35.5. The van der Waals surface area contributed by atoms with E-state index in [1.807, 2.05) is 48.5 Å². The highest BCUT2D eigenvalue weighted by Gasteiger charge is 2.44. The number of carbonyl (C=O) groups is 1. The molecule has 1 N–H and O–H groups in total. The predicted molar refractivity (Wildman–Crippen MR) is 136 cm³/mol. The van der Waals surface area contributed by atoms with Gasteiger partial charge >= 0.3 is 6.03 Å². The van der Waals surface area contributed by atoms with E-state index in [2.05, 4.69) is 11.4 Å². The Hall–Kier alpha value is -2.30. The number of hydrogen-bond acceptors (Lipinski definition) is 2. The fourth-order valence-corrected chi connectivity index (χ4v) is 5.66. The number of urea groups is 1. The third kappa shape index (κ3) is 4.97. The molecule has 0 unspecified atom stereocenters. The predicted octanol–water partition coefficient (Wildman–Crippen LogP) is 7.63. The van der Waals surface area contributed by atoms with Crippen LogP contribution in [0.2, 0.25) is 10.0 Å². The number of fused-ring (bicyclic) bond motifs is 1. The van der Waals surface area contributed by atoms with Crippen LogP contribution in [0, 0.1) is 5.92 Å². The molecule has 2 aromatic rings. The summed E-state index contributed by atoms with van der Waals surface area (Å²) in [6, 6.07) is 15.8. The second-order valence-electron chi connectivity index (χ2n) is 9.33. The lowest BCUT2D eigenvalue weighted by molar-refractivity contribution is 0.167. The Labute approximate surface area is 205 Å². The van der Waals surface area contributed by atoms with Crippen LogP contribution in [-0.2, 0) is 0 Å². The van der Waals surface area contributed by atoms with Crippen molar-refractivity contribution in [2.24, 2.45) is 11.0 Å². The SMILES string of the molecule is O=C(NC1CCCCC1)N1N=C2/C(=C/c3ccc(Cl)cc3)CCC[C@@H]2[C@@H]1c1ccc(Cl)cc1. The Balaban J connectivity index is 1.48. The average molecular weight is 482 g/mol. The smallest absolute Gasteiger partial charge is 0.334 e. The van der Waals surface area contributed by atoms with E-state index in [1.165, 1.54) is 24.8 Å². The second kappa shape index (κ2) is 9.90. The van der Waals surface area contributed by atoms with E-state index in [0.29, 0.717) is 5.02 Å². The summed E-state index contributed by atoms with van der Waals surface area (Å²) in [5, 5.41) is 11.4. The van der Waals surface area contributed by atoms with E-state index >= 15 is 0 Å². The molecule has 0 spiro atoms. The van der Waals surface area contributed by atoms with Gasteiger partial charge in [-0.2, -0.15) is 5.10 Å². The normalized spacial score (nSPS) is 24.5. The van der Waals surface area contributed by atoms with E-state index in [0.717, 1.165) is 54.0 Å². The van der Waals surface area contributed by atoms with Gasteiger partial charge in [0.1, 0.15) is 0 Å². The Morgan fingerprint density at radius 1 is 0.909 bits per heavy atom. The summed E-state index contributed by atoms with van der Waals surface area (Å²) in [6.45, 7) is 0. The van der Waals surface area contributed by atoms with Gasteiger partial charge in [-0.15, -0.1) is 0 Å². The average Bonchev–Trinajstić information content (AvgIpc) is 3.23. The number of carbonyl (C=O) groups excluding carboxylic acids is 1. The maximum atomic E-state index is 13.5. The first kappa shape index (κ1) is 22.5. The molecule has 3 aliphatic rings. The van der Waals surface area contributed by atoms with Crippen molar-refractivity contribution < 1.29 is 4.79 Å². The van der Waals surface area contributed by atoms with Crippen molar-refractivity contribution in [3.8, 4) is 0 Å². The topological polar surface area (TPSA) is 44.7 Å². The molecular formula is C27H29Cl2N3O. The molecule has 1 aliphatic heterocycles. The minimum absolute atomic E-state index is 0.0883. The van der Waals surface area contributed by atoms with E-state index in [1.54, 1.807) is 5.01 Å². The van der Waals surface area contributed by atoms with Gasteiger partial charge in [-0.05, 0) is 79.1 Å². The lowest BCUT2D eigenvalue weighted by Gasteiger charge is -2.31. The van der Waals surface area contributed by atoms with E-state index in [-0.39, 0.29) is 24.0 Å². The molecule has 0 radical (unpaired) electrons. The van der Waals surface area contributed by atoms with Crippen LogP contribution in [0.15, 0.2) is 59.2 Å². The van der Waals surface area contributed by atoms with Gasteiger partial charge in [0.15, 0.2) is 0 Å². The fraction of sp³-hybridized carbons (Fsp3) is 0.407. The lowest BCUT2D eigenvalue weighted by atomic mass is 9.77. The van der Waals surface area contributed by atoms with Crippen LogP contribution in [-0.4, -0.2) is 22.8 Å². The van der Waals surface area contributed by atoms with Crippen molar-refractivity contribution in [1.29, 1.82) is 0 Å². The van der Waals surface area contributed by atoms with Crippen LogP contribution in [0.3, 0.4) is 0 Å². The van der Waals surface area contributed by atoms with Crippen molar-refractivity contribution >= 4 is 41.0 Å². The number of halogens is 2. The highest BCUT2D eigenvalue weighted by molar-refractivity contribution is 6.30. The quantitative estimate of drug-likeness (QED) is 0.480. The molecule has 2 fully saturated rings. The molecule has 4 nitrogen and oxygen atoms in total. The number of allylic oxidation sites excluding steroid dienone is 1. The van der Waals surface area contributed by atoms with Crippen molar-refractivity contribution in [3.63, 3.8) is 0 Å². The summed E-state index contributed by atoms with van der Waals surface area (Å²) in [5.41, 5.74) is 4.43. The Morgan fingerprint density at radius 2 is 1.58 bits per heavy atom. The van der Waals surface area contributed by atoms with Crippen LogP contribution in [0.5, 0.6) is 0 Å². The van der Waals surface area contributed by atoms with Crippen LogP contribution in [0.25, 0.3) is 6.08 Å². The Morgan fingerprint density at radius 3 is 2.27 bits per heavy atom. The van der Waals surface area contributed by atoms with Gasteiger partial charge in [0.2, 0.25) is 0 Å². The van der Waals surface area contributed by atoms with Crippen LogP contribution in [0.1, 0.15) is 68.5 Å². The highest BCUT2D eigenvalue weighted by Crippen LogP contribution is 2.44. The summed E-state index contributed by atoms with van der Waals surface area (Å²) < 4.78 is 0. The lowest BCUT2D eigenvalue weighted by Crippen LogP contribution is -2.44.